The second-order valence-electron chi connectivity index (χ2n) is 8.08. The SMILES string of the molecule is CC1CN(C2(CN)CCC(C(C)C)CC2)CC(C)(C)O1. The maximum atomic E-state index is 6.24. The van der Waals surface area contributed by atoms with E-state index in [-0.39, 0.29) is 11.1 Å². The van der Waals surface area contributed by atoms with Crippen LogP contribution in [-0.4, -0.2) is 41.8 Å². The van der Waals surface area contributed by atoms with Crippen molar-refractivity contribution in [1.29, 1.82) is 0 Å². The Bertz CT molecular complexity index is 319. The number of nitrogens with zero attached hydrogens (tertiary/aromatic N) is 1. The van der Waals surface area contributed by atoms with Crippen LogP contribution in [0.5, 0.6) is 0 Å². The molecule has 1 atom stereocenters. The van der Waals surface area contributed by atoms with E-state index in [0.29, 0.717) is 6.10 Å². The molecule has 0 radical (unpaired) electrons. The van der Waals surface area contributed by atoms with Crippen molar-refractivity contribution in [2.45, 2.75) is 77.5 Å². The molecular formula is C17H34N2O. The summed E-state index contributed by atoms with van der Waals surface area (Å²) in [5.41, 5.74) is 6.42. The van der Waals surface area contributed by atoms with Gasteiger partial charge < -0.3 is 10.5 Å². The molecule has 1 aliphatic carbocycles. The van der Waals surface area contributed by atoms with Crippen molar-refractivity contribution >= 4 is 0 Å². The highest BCUT2D eigenvalue weighted by Gasteiger charge is 2.44. The van der Waals surface area contributed by atoms with Gasteiger partial charge in [-0.2, -0.15) is 0 Å². The van der Waals surface area contributed by atoms with Gasteiger partial charge in [-0.05, 0) is 58.3 Å². The third-order valence-corrected chi connectivity index (χ3v) is 5.52. The number of hydrogen-bond donors (Lipinski definition) is 1. The van der Waals surface area contributed by atoms with E-state index in [1.807, 2.05) is 0 Å². The third-order valence-electron chi connectivity index (χ3n) is 5.52. The first-order valence-electron chi connectivity index (χ1n) is 8.41. The largest absolute Gasteiger partial charge is 0.370 e. The Morgan fingerprint density at radius 1 is 1.25 bits per heavy atom. The van der Waals surface area contributed by atoms with Crippen LogP contribution in [0.1, 0.15) is 60.3 Å². The van der Waals surface area contributed by atoms with Crippen LogP contribution in [0.25, 0.3) is 0 Å². The molecule has 3 heteroatoms. The summed E-state index contributed by atoms with van der Waals surface area (Å²) in [6.07, 6.45) is 5.50. The average molecular weight is 282 g/mol. The Kier molecular flexibility index (Phi) is 4.83. The molecule has 0 aromatic carbocycles. The monoisotopic (exact) mass is 282 g/mol. The molecule has 3 nitrogen and oxygen atoms in total. The summed E-state index contributed by atoms with van der Waals surface area (Å²) in [5, 5.41) is 0. The smallest absolute Gasteiger partial charge is 0.0757 e. The molecule has 0 aromatic heterocycles. The van der Waals surface area contributed by atoms with Gasteiger partial charge in [0.1, 0.15) is 0 Å². The third kappa shape index (κ3) is 3.37. The van der Waals surface area contributed by atoms with E-state index in [1.165, 1.54) is 25.7 Å². The predicted molar refractivity (Wildman–Crippen MR) is 84.8 cm³/mol. The van der Waals surface area contributed by atoms with Gasteiger partial charge in [-0.1, -0.05) is 13.8 Å². The molecule has 1 unspecified atom stereocenters. The van der Waals surface area contributed by atoms with E-state index in [0.717, 1.165) is 31.5 Å². The quantitative estimate of drug-likeness (QED) is 0.864. The Morgan fingerprint density at radius 2 is 1.85 bits per heavy atom. The van der Waals surface area contributed by atoms with Gasteiger partial charge >= 0.3 is 0 Å². The zero-order valence-electron chi connectivity index (χ0n) is 14.1. The minimum absolute atomic E-state index is 0.0469. The summed E-state index contributed by atoms with van der Waals surface area (Å²) < 4.78 is 6.06. The summed E-state index contributed by atoms with van der Waals surface area (Å²) in [6.45, 7) is 14.2. The van der Waals surface area contributed by atoms with Gasteiger partial charge in [-0.25, -0.2) is 0 Å². The summed E-state index contributed by atoms with van der Waals surface area (Å²) in [5.74, 6) is 1.70. The zero-order valence-corrected chi connectivity index (χ0v) is 14.1. The fourth-order valence-corrected chi connectivity index (χ4v) is 4.31. The number of rotatable bonds is 3. The molecule has 118 valence electrons. The van der Waals surface area contributed by atoms with Crippen molar-refractivity contribution in [3.63, 3.8) is 0 Å². The van der Waals surface area contributed by atoms with E-state index in [1.54, 1.807) is 0 Å². The molecule has 2 fully saturated rings. The molecule has 20 heavy (non-hydrogen) atoms. The van der Waals surface area contributed by atoms with Gasteiger partial charge in [0.25, 0.3) is 0 Å². The predicted octanol–water partition coefficient (Wildman–Crippen LogP) is 3.03. The fraction of sp³-hybridized carbons (Fsp3) is 1.00. The molecule has 1 saturated heterocycles. The normalized spacial score (nSPS) is 39.1. The van der Waals surface area contributed by atoms with Crippen LogP contribution in [0, 0.1) is 11.8 Å². The molecule has 1 saturated carbocycles. The number of ether oxygens (including phenoxy) is 1. The lowest BCUT2D eigenvalue weighted by atomic mass is 9.71. The van der Waals surface area contributed by atoms with Gasteiger partial charge in [0.15, 0.2) is 0 Å². The Morgan fingerprint density at radius 3 is 2.30 bits per heavy atom. The average Bonchev–Trinajstić information content (AvgIpc) is 2.36. The number of morpholine rings is 1. The lowest BCUT2D eigenvalue weighted by molar-refractivity contribution is -0.158. The highest BCUT2D eigenvalue weighted by Crippen LogP contribution is 2.40. The van der Waals surface area contributed by atoms with Crippen LogP contribution < -0.4 is 5.73 Å². The molecular weight excluding hydrogens is 248 g/mol. The van der Waals surface area contributed by atoms with Gasteiger partial charge in [0.2, 0.25) is 0 Å². The van der Waals surface area contributed by atoms with Crippen LogP contribution in [0.2, 0.25) is 0 Å². The molecule has 2 aliphatic rings. The molecule has 0 bridgehead atoms. The van der Waals surface area contributed by atoms with Crippen molar-refractivity contribution in [3.8, 4) is 0 Å². The molecule has 0 spiro atoms. The summed E-state index contributed by atoms with van der Waals surface area (Å²) in [7, 11) is 0. The summed E-state index contributed by atoms with van der Waals surface area (Å²) in [6, 6.07) is 0. The Hall–Kier alpha value is -0.120. The van der Waals surface area contributed by atoms with Crippen LogP contribution in [0.15, 0.2) is 0 Å². The van der Waals surface area contributed by atoms with Crippen molar-refractivity contribution in [3.05, 3.63) is 0 Å². The maximum Gasteiger partial charge on any atom is 0.0757 e. The minimum Gasteiger partial charge on any atom is -0.370 e. The van der Waals surface area contributed by atoms with E-state index >= 15 is 0 Å². The van der Waals surface area contributed by atoms with E-state index in [2.05, 4.69) is 39.5 Å². The van der Waals surface area contributed by atoms with E-state index < -0.39 is 0 Å². The Labute approximate surface area is 125 Å². The molecule has 2 N–H and O–H groups in total. The van der Waals surface area contributed by atoms with E-state index in [4.69, 9.17) is 10.5 Å². The van der Waals surface area contributed by atoms with Crippen LogP contribution in [0.4, 0.5) is 0 Å². The standard InChI is InChI=1S/C17H34N2O/c1-13(2)15-6-8-17(11-18,9-7-15)19-10-14(3)20-16(4,5)12-19/h13-15H,6-12,18H2,1-5H3. The highest BCUT2D eigenvalue weighted by atomic mass is 16.5. The van der Waals surface area contributed by atoms with Crippen molar-refractivity contribution < 1.29 is 4.74 Å². The van der Waals surface area contributed by atoms with Gasteiger partial charge in [0.05, 0.1) is 11.7 Å². The van der Waals surface area contributed by atoms with Crippen LogP contribution in [0.3, 0.4) is 0 Å². The molecule has 0 amide bonds. The fourth-order valence-electron chi connectivity index (χ4n) is 4.31. The minimum atomic E-state index is -0.0469. The molecule has 0 aromatic rings. The Balaban J connectivity index is 2.08. The first kappa shape index (κ1) is 16.3. The topological polar surface area (TPSA) is 38.5 Å². The molecule has 1 heterocycles. The second kappa shape index (κ2) is 5.94. The number of nitrogens with two attached hydrogens (primary N) is 1. The lowest BCUT2D eigenvalue weighted by Crippen LogP contribution is -2.64. The molecule has 1 aliphatic heterocycles. The van der Waals surface area contributed by atoms with Gasteiger partial charge in [-0.15, -0.1) is 0 Å². The number of hydrogen-bond acceptors (Lipinski definition) is 3. The van der Waals surface area contributed by atoms with Gasteiger partial charge in [-0.3, -0.25) is 4.90 Å². The van der Waals surface area contributed by atoms with Crippen molar-refractivity contribution in [2.24, 2.45) is 17.6 Å². The second-order valence-corrected chi connectivity index (χ2v) is 8.08. The highest BCUT2D eigenvalue weighted by molar-refractivity contribution is 5.00. The van der Waals surface area contributed by atoms with E-state index in [9.17, 15) is 0 Å². The first-order valence-corrected chi connectivity index (χ1v) is 8.41. The van der Waals surface area contributed by atoms with Gasteiger partial charge in [0, 0.05) is 25.2 Å². The lowest BCUT2D eigenvalue weighted by Gasteiger charge is -2.54. The summed E-state index contributed by atoms with van der Waals surface area (Å²) in [4.78, 5) is 2.65. The van der Waals surface area contributed by atoms with Crippen molar-refractivity contribution in [2.75, 3.05) is 19.6 Å². The zero-order chi connectivity index (χ0) is 15.0. The van der Waals surface area contributed by atoms with Crippen molar-refractivity contribution in [1.82, 2.24) is 4.90 Å². The van der Waals surface area contributed by atoms with Crippen LogP contribution >= 0.6 is 0 Å². The molecule has 2 rings (SSSR count). The maximum absolute atomic E-state index is 6.24. The summed E-state index contributed by atoms with van der Waals surface area (Å²) >= 11 is 0. The first-order chi connectivity index (χ1) is 9.28. The van der Waals surface area contributed by atoms with Crippen LogP contribution in [-0.2, 0) is 4.74 Å².